The number of hydrogen-bond acceptors (Lipinski definition) is 3. The van der Waals surface area contributed by atoms with Crippen LogP contribution in [0.3, 0.4) is 0 Å². The van der Waals surface area contributed by atoms with Gasteiger partial charge < -0.3 is 5.32 Å². The molecule has 2 aromatic carbocycles. The molecule has 0 saturated heterocycles. The van der Waals surface area contributed by atoms with Crippen LogP contribution in [0.5, 0.6) is 0 Å². The first-order valence-corrected chi connectivity index (χ1v) is 10.1. The molecule has 5 nitrogen and oxygen atoms in total. The van der Waals surface area contributed by atoms with Crippen molar-refractivity contribution in [3.63, 3.8) is 0 Å². The number of halogens is 2. The quantitative estimate of drug-likeness (QED) is 0.469. The van der Waals surface area contributed by atoms with Gasteiger partial charge in [-0.25, -0.2) is 9.67 Å². The molecule has 1 aromatic heterocycles. The smallest absolute Gasteiger partial charge is 0.248 e. The van der Waals surface area contributed by atoms with Gasteiger partial charge in [-0.15, -0.1) is 5.10 Å². The van der Waals surface area contributed by atoms with Gasteiger partial charge in [-0.3, -0.25) is 5.32 Å². The monoisotopic (exact) mass is 433 g/mol. The zero-order chi connectivity index (χ0) is 20.1. The van der Waals surface area contributed by atoms with Crippen molar-refractivity contribution < 1.29 is 0 Å². The van der Waals surface area contributed by atoms with Crippen molar-refractivity contribution in [2.24, 2.45) is 0 Å². The van der Waals surface area contributed by atoms with Gasteiger partial charge in [0, 0.05) is 21.3 Å². The summed E-state index contributed by atoms with van der Waals surface area (Å²) in [6.07, 6.45) is 2.71. The lowest BCUT2D eigenvalue weighted by Gasteiger charge is -2.11. The molecule has 146 valence electrons. The van der Waals surface area contributed by atoms with Crippen molar-refractivity contribution in [1.82, 2.24) is 14.8 Å². The number of nitrogens with one attached hydrogen (secondary N) is 2. The van der Waals surface area contributed by atoms with E-state index < -0.39 is 0 Å². The summed E-state index contributed by atoms with van der Waals surface area (Å²) in [5.74, 6) is 0.941. The minimum atomic E-state index is 0.400. The molecule has 1 unspecified atom stereocenters. The third-order valence-electron chi connectivity index (χ3n) is 4.49. The molecule has 2 N–H and O–H groups in total. The van der Waals surface area contributed by atoms with Gasteiger partial charge in [0.2, 0.25) is 5.95 Å². The first-order valence-electron chi connectivity index (χ1n) is 8.96. The second kappa shape index (κ2) is 9.37. The van der Waals surface area contributed by atoms with Crippen LogP contribution < -0.4 is 10.6 Å². The summed E-state index contributed by atoms with van der Waals surface area (Å²) >= 11 is 17.8. The molecule has 3 aromatic rings. The molecule has 0 amide bonds. The molecular formula is C20H21Cl2N5S. The number of aromatic nitrogens is 3. The summed E-state index contributed by atoms with van der Waals surface area (Å²) in [6.45, 7) is 4.82. The summed E-state index contributed by atoms with van der Waals surface area (Å²) < 4.78 is 1.65. The molecular weight excluding hydrogens is 413 g/mol. The minimum absolute atomic E-state index is 0.400. The Hall–Kier alpha value is -2.15. The van der Waals surface area contributed by atoms with Gasteiger partial charge in [0.25, 0.3) is 0 Å². The first-order chi connectivity index (χ1) is 13.5. The van der Waals surface area contributed by atoms with Crippen molar-refractivity contribution in [2.45, 2.75) is 32.7 Å². The van der Waals surface area contributed by atoms with Crippen LogP contribution in [0.15, 0.2) is 48.8 Å². The van der Waals surface area contributed by atoms with Crippen LogP contribution in [-0.4, -0.2) is 19.9 Å². The standard InChI is InChI=1S/C20H21Cl2N5S/c1-3-13(2)14-7-9-15(10-8-14)24-20(28)25-19-23-12-27(26-19)11-16-17(21)5-4-6-18(16)22/h4-10,12-13H,3,11H2,1-2H3,(H2,24,25,26,28). The van der Waals surface area contributed by atoms with Crippen LogP contribution in [-0.2, 0) is 6.54 Å². The second-order valence-corrected chi connectivity index (χ2v) is 7.70. The lowest BCUT2D eigenvalue weighted by Crippen LogP contribution is -2.20. The van der Waals surface area contributed by atoms with Crippen molar-refractivity contribution in [2.75, 3.05) is 10.6 Å². The predicted molar refractivity (Wildman–Crippen MR) is 121 cm³/mol. The van der Waals surface area contributed by atoms with Crippen LogP contribution in [0.1, 0.15) is 37.3 Å². The molecule has 0 saturated carbocycles. The molecule has 0 aliphatic carbocycles. The predicted octanol–water partition coefficient (Wildman–Crippen LogP) is 5.96. The Morgan fingerprint density at radius 1 is 1.11 bits per heavy atom. The zero-order valence-corrected chi connectivity index (χ0v) is 17.9. The number of nitrogens with zero attached hydrogens (tertiary/aromatic N) is 3. The van der Waals surface area contributed by atoms with E-state index in [4.69, 9.17) is 35.4 Å². The van der Waals surface area contributed by atoms with Crippen LogP contribution in [0.2, 0.25) is 10.0 Å². The highest BCUT2D eigenvalue weighted by atomic mass is 35.5. The van der Waals surface area contributed by atoms with Crippen molar-refractivity contribution in [3.05, 3.63) is 70.0 Å². The second-order valence-electron chi connectivity index (χ2n) is 6.48. The van der Waals surface area contributed by atoms with Crippen molar-refractivity contribution in [1.29, 1.82) is 0 Å². The molecule has 0 fully saturated rings. The Balaban J connectivity index is 1.59. The van der Waals surface area contributed by atoms with Gasteiger partial charge in [-0.1, -0.05) is 55.2 Å². The maximum Gasteiger partial charge on any atom is 0.248 e. The number of hydrogen-bond donors (Lipinski definition) is 2. The molecule has 0 radical (unpaired) electrons. The van der Waals surface area contributed by atoms with Crippen LogP contribution in [0.4, 0.5) is 11.6 Å². The summed E-state index contributed by atoms with van der Waals surface area (Å²) in [5, 5.41) is 12.1. The largest absolute Gasteiger partial charge is 0.332 e. The summed E-state index contributed by atoms with van der Waals surface area (Å²) in [4.78, 5) is 4.23. The first kappa shape index (κ1) is 20.6. The number of thiocarbonyl (C=S) groups is 1. The fraction of sp³-hybridized carbons (Fsp3) is 0.250. The Morgan fingerprint density at radius 2 is 1.79 bits per heavy atom. The number of rotatable bonds is 6. The highest BCUT2D eigenvalue weighted by Gasteiger charge is 2.09. The Morgan fingerprint density at radius 3 is 2.43 bits per heavy atom. The molecule has 0 aliphatic rings. The van der Waals surface area contributed by atoms with E-state index in [0.29, 0.717) is 33.6 Å². The highest BCUT2D eigenvalue weighted by molar-refractivity contribution is 7.80. The van der Waals surface area contributed by atoms with Crippen LogP contribution in [0, 0.1) is 0 Å². The lowest BCUT2D eigenvalue weighted by atomic mass is 9.99. The normalized spacial score (nSPS) is 11.9. The lowest BCUT2D eigenvalue weighted by molar-refractivity contribution is 0.687. The maximum absolute atomic E-state index is 6.21. The Bertz CT molecular complexity index is 935. The molecule has 8 heteroatoms. The zero-order valence-electron chi connectivity index (χ0n) is 15.6. The molecule has 0 spiro atoms. The Kier molecular flexibility index (Phi) is 6.88. The molecule has 1 atom stereocenters. The van der Waals surface area contributed by atoms with E-state index in [-0.39, 0.29) is 0 Å². The number of benzene rings is 2. The minimum Gasteiger partial charge on any atom is -0.332 e. The topological polar surface area (TPSA) is 54.8 Å². The fourth-order valence-corrected chi connectivity index (χ4v) is 3.39. The average molecular weight is 434 g/mol. The van der Waals surface area contributed by atoms with E-state index in [1.807, 2.05) is 18.2 Å². The summed E-state index contributed by atoms with van der Waals surface area (Å²) in [6, 6.07) is 13.7. The van der Waals surface area contributed by atoms with Gasteiger partial charge in [0.05, 0.1) is 6.54 Å². The van der Waals surface area contributed by atoms with Crippen molar-refractivity contribution in [3.8, 4) is 0 Å². The summed E-state index contributed by atoms with van der Waals surface area (Å²) in [5.41, 5.74) is 3.02. The van der Waals surface area contributed by atoms with E-state index in [2.05, 4.69) is 46.7 Å². The Labute approximate surface area is 180 Å². The van der Waals surface area contributed by atoms with E-state index in [1.54, 1.807) is 23.1 Å². The van der Waals surface area contributed by atoms with E-state index in [9.17, 15) is 0 Å². The van der Waals surface area contributed by atoms with Crippen LogP contribution >= 0.6 is 35.4 Å². The van der Waals surface area contributed by atoms with Gasteiger partial charge in [-0.2, -0.15) is 0 Å². The van der Waals surface area contributed by atoms with E-state index >= 15 is 0 Å². The molecule has 3 rings (SSSR count). The maximum atomic E-state index is 6.21. The highest BCUT2D eigenvalue weighted by Crippen LogP contribution is 2.25. The molecule has 1 heterocycles. The van der Waals surface area contributed by atoms with E-state index in [0.717, 1.165) is 17.7 Å². The molecule has 0 bridgehead atoms. The van der Waals surface area contributed by atoms with Crippen LogP contribution in [0.25, 0.3) is 0 Å². The van der Waals surface area contributed by atoms with Gasteiger partial charge in [0.15, 0.2) is 5.11 Å². The fourth-order valence-electron chi connectivity index (χ4n) is 2.67. The SMILES string of the molecule is CCC(C)c1ccc(NC(=S)Nc2ncn(Cc3c(Cl)cccc3Cl)n2)cc1. The summed E-state index contributed by atoms with van der Waals surface area (Å²) in [7, 11) is 0. The third-order valence-corrected chi connectivity index (χ3v) is 5.41. The molecule has 0 aliphatic heterocycles. The van der Waals surface area contributed by atoms with Gasteiger partial charge in [0.1, 0.15) is 6.33 Å². The van der Waals surface area contributed by atoms with E-state index in [1.165, 1.54) is 5.56 Å². The average Bonchev–Trinajstić information content (AvgIpc) is 3.11. The third kappa shape index (κ3) is 5.22. The van der Waals surface area contributed by atoms with Gasteiger partial charge >= 0.3 is 0 Å². The van der Waals surface area contributed by atoms with Crippen molar-refractivity contribution >= 4 is 52.2 Å². The molecule has 28 heavy (non-hydrogen) atoms. The van der Waals surface area contributed by atoms with Gasteiger partial charge in [-0.05, 0) is 54.4 Å². The number of anilines is 2.